The summed E-state index contributed by atoms with van der Waals surface area (Å²) < 4.78 is 15.4. The number of carbonyl (C=O) groups excluding carboxylic acids is 1. The van der Waals surface area contributed by atoms with Crippen molar-refractivity contribution in [2.45, 2.75) is 18.9 Å². The number of hydrogen-bond acceptors (Lipinski definition) is 7. The summed E-state index contributed by atoms with van der Waals surface area (Å²) in [5, 5.41) is 6.82. The maximum atomic E-state index is 12.5. The van der Waals surface area contributed by atoms with Crippen molar-refractivity contribution in [2.75, 3.05) is 20.8 Å². The minimum absolute atomic E-state index is 0.0907. The van der Waals surface area contributed by atoms with E-state index in [2.05, 4.69) is 25.4 Å². The fourth-order valence-corrected chi connectivity index (χ4v) is 3.13. The molecule has 0 fully saturated rings. The van der Waals surface area contributed by atoms with Crippen molar-refractivity contribution >= 4 is 5.91 Å². The lowest BCUT2D eigenvalue weighted by molar-refractivity contribution is 0.0950. The minimum atomic E-state index is -0.224. The van der Waals surface area contributed by atoms with Gasteiger partial charge in [0.15, 0.2) is 5.82 Å². The van der Waals surface area contributed by atoms with Crippen molar-refractivity contribution < 1.29 is 18.8 Å². The largest absolute Gasteiger partial charge is 0.497 e. The third kappa shape index (κ3) is 3.41. The predicted octanol–water partition coefficient (Wildman–Crippen LogP) is 1.68. The molecule has 0 radical (unpaired) electrons. The van der Waals surface area contributed by atoms with Gasteiger partial charge in [0.05, 0.1) is 7.11 Å². The van der Waals surface area contributed by atoms with Gasteiger partial charge in [-0.15, -0.1) is 0 Å². The molecule has 1 unspecified atom stereocenters. The molecule has 1 aliphatic heterocycles. The van der Waals surface area contributed by atoms with Crippen molar-refractivity contribution in [3.8, 4) is 17.4 Å². The van der Waals surface area contributed by atoms with Crippen LogP contribution in [0.1, 0.15) is 33.6 Å². The molecule has 1 atom stereocenters. The van der Waals surface area contributed by atoms with Crippen molar-refractivity contribution in [2.24, 2.45) is 0 Å². The number of amides is 1. The highest BCUT2D eigenvalue weighted by molar-refractivity contribution is 5.94. The van der Waals surface area contributed by atoms with Gasteiger partial charge in [-0.1, -0.05) is 17.3 Å². The van der Waals surface area contributed by atoms with Crippen molar-refractivity contribution in [1.82, 2.24) is 25.4 Å². The molecule has 0 saturated heterocycles. The smallest absolute Gasteiger partial charge is 0.271 e. The van der Waals surface area contributed by atoms with E-state index >= 15 is 0 Å². The third-order valence-electron chi connectivity index (χ3n) is 4.47. The van der Waals surface area contributed by atoms with Crippen LogP contribution in [0.25, 0.3) is 11.6 Å². The van der Waals surface area contributed by atoms with Gasteiger partial charge in [-0.05, 0) is 24.1 Å². The molecule has 3 heterocycles. The summed E-state index contributed by atoms with van der Waals surface area (Å²) in [5.74, 6) is 1.68. The molecule has 1 aliphatic rings. The van der Waals surface area contributed by atoms with E-state index in [9.17, 15) is 4.79 Å². The first kappa shape index (κ1) is 17.2. The summed E-state index contributed by atoms with van der Waals surface area (Å²) in [4.78, 5) is 24.2. The summed E-state index contributed by atoms with van der Waals surface area (Å²) >= 11 is 0. The normalized spacial score (nSPS) is 16.5. The lowest BCUT2D eigenvalue weighted by atomic mass is 9.94. The number of aromatic nitrogens is 4. The van der Waals surface area contributed by atoms with Crippen LogP contribution in [0.3, 0.4) is 0 Å². The standard InChI is InChI=1S/C18H19N5O4/c1-25-9-14-21-17(23-27-14)16-20-13-7-11(8-19-18(24)15(13)22-16)10-4-3-5-12(6-10)26-2/h3-6,11H,7-9H2,1-2H3,(H,19,24)(H,20,22). The van der Waals surface area contributed by atoms with E-state index in [-0.39, 0.29) is 18.4 Å². The quantitative estimate of drug-likeness (QED) is 0.703. The predicted molar refractivity (Wildman–Crippen MR) is 94.4 cm³/mol. The van der Waals surface area contributed by atoms with Crippen molar-refractivity contribution in [3.63, 3.8) is 0 Å². The monoisotopic (exact) mass is 369 g/mol. The zero-order valence-corrected chi connectivity index (χ0v) is 15.0. The fourth-order valence-electron chi connectivity index (χ4n) is 3.13. The molecule has 27 heavy (non-hydrogen) atoms. The molecule has 0 saturated carbocycles. The Hall–Kier alpha value is -3.20. The lowest BCUT2D eigenvalue weighted by Crippen LogP contribution is -2.26. The molecule has 1 amide bonds. The average Bonchev–Trinajstić information content (AvgIpc) is 3.29. The molecule has 9 heteroatoms. The molecule has 4 rings (SSSR count). The van der Waals surface area contributed by atoms with Gasteiger partial charge in [-0.3, -0.25) is 4.79 Å². The molecular weight excluding hydrogens is 350 g/mol. The molecule has 140 valence electrons. The van der Waals surface area contributed by atoms with Crippen LogP contribution in [0, 0.1) is 0 Å². The lowest BCUT2D eigenvalue weighted by Gasteiger charge is -2.15. The van der Waals surface area contributed by atoms with E-state index < -0.39 is 0 Å². The van der Waals surface area contributed by atoms with Crippen LogP contribution in [-0.4, -0.2) is 46.8 Å². The zero-order valence-electron chi connectivity index (χ0n) is 15.0. The second-order valence-corrected chi connectivity index (χ2v) is 6.24. The van der Waals surface area contributed by atoms with Gasteiger partial charge >= 0.3 is 0 Å². The van der Waals surface area contributed by atoms with Crippen LogP contribution in [0.2, 0.25) is 0 Å². The van der Waals surface area contributed by atoms with E-state index in [4.69, 9.17) is 14.0 Å². The molecule has 2 N–H and O–H groups in total. The van der Waals surface area contributed by atoms with Gasteiger partial charge in [0.2, 0.25) is 5.82 Å². The Morgan fingerprint density at radius 2 is 2.19 bits per heavy atom. The summed E-state index contributed by atoms with van der Waals surface area (Å²) in [7, 11) is 3.18. The Labute approximate surface area is 155 Å². The summed E-state index contributed by atoms with van der Waals surface area (Å²) in [6, 6.07) is 7.84. The van der Waals surface area contributed by atoms with Crippen LogP contribution >= 0.6 is 0 Å². The van der Waals surface area contributed by atoms with Gasteiger partial charge in [0.25, 0.3) is 11.8 Å². The number of methoxy groups -OCH3 is 2. The highest BCUT2D eigenvalue weighted by Crippen LogP contribution is 2.28. The van der Waals surface area contributed by atoms with Gasteiger partial charge in [-0.2, -0.15) is 4.98 Å². The number of carbonyl (C=O) groups is 1. The Kier molecular flexibility index (Phi) is 4.59. The first-order chi connectivity index (χ1) is 13.2. The van der Waals surface area contributed by atoms with Crippen LogP contribution in [0.4, 0.5) is 0 Å². The minimum Gasteiger partial charge on any atom is -0.497 e. The molecule has 0 aliphatic carbocycles. The number of fused-ring (bicyclic) bond motifs is 1. The van der Waals surface area contributed by atoms with Crippen LogP contribution in [0.15, 0.2) is 28.8 Å². The Morgan fingerprint density at radius 3 is 3.00 bits per heavy atom. The molecule has 0 spiro atoms. The van der Waals surface area contributed by atoms with E-state index in [1.165, 1.54) is 0 Å². The zero-order chi connectivity index (χ0) is 18.8. The Balaban J connectivity index is 1.64. The van der Waals surface area contributed by atoms with Gasteiger partial charge in [-0.25, -0.2) is 4.98 Å². The van der Waals surface area contributed by atoms with E-state index in [1.807, 2.05) is 24.3 Å². The van der Waals surface area contributed by atoms with Crippen LogP contribution in [0.5, 0.6) is 5.75 Å². The Morgan fingerprint density at radius 1 is 1.30 bits per heavy atom. The first-order valence-corrected chi connectivity index (χ1v) is 8.51. The van der Waals surface area contributed by atoms with Crippen molar-refractivity contribution in [3.05, 3.63) is 47.1 Å². The Bertz CT molecular complexity index is 964. The molecule has 9 nitrogen and oxygen atoms in total. The molecular formula is C18H19N5O4. The van der Waals surface area contributed by atoms with Gasteiger partial charge < -0.3 is 24.3 Å². The summed E-state index contributed by atoms with van der Waals surface area (Å²) in [6.45, 7) is 0.734. The number of imidazole rings is 1. The number of rotatable bonds is 5. The average molecular weight is 369 g/mol. The van der Waals surface area contributed by atoms with E-state index in [0.717, 1.165) is 17.0 Å². The summed E-state index contributed by atoms with van der Waals surface area (Å²) in [5.41, 5.74) is 2.18. The molecule has 2 aromatic heterocycles. The first-order valence-electron chi connectivity index (χ1n) is 8.51. The number of hydrogen-bond donors (Lipinski definition) is 2. The SMILES string of the molecule is COCc1nc(-c2nc3c([nH]2)CC(c2cccc(OC)c2)CNC3=O)no1. The number of H-pyrrole nitrogens is 1. The maximum absolute atomic E-state index is 12.5. The van der Waals surface area contributed by atoms with Gasteiger partial charge in [0, 0.05) is 25.3 Å². The molecule has 0 bridgehead atoms. The molecule has 1 aromatic carbocycles. The van der Waals surface area contributed by atoms with Gasteiger partial charge in [0.1, 0.15) is 18.1 Å². The van der Waals surface area contributed by atoms with Crippen LogP contribution in [-0.2, 0) is 17.8 Å². The third-order valence-corrected chi connectivity index (χ3v) is 4.47. The number of nitrogens with one attached hydrogen (secondary N) is 2. The number of ether oxygens (including phenoxy) is 2. The van der Waals surface area contributed by atoms with Crippen molar-refractivity contribution in [1.29, 1.82) is 0 Å². The highest BCUT2D eigenvalue weighted by atomic mass is 16.5. The number of benzene rings is 1. The van der Waals surface area contributed by atoms with Crippen LogP contribution < -0.4 is 10.1 Å². The number of aromatic amines is 1. The second-order valence-electron chi connectivity index (χ2n) is 6.24. The van der Waals surface area contributed by atoms with E-state index in [1.54, 1.807) is 14.2 Å². The van der Waals surface area contributed by atoms with E-state index in [0.29, 0.717) is 36.2 Å². The summed E-state index contributed by atoms with van der Waals surface area (Å²) in [6.07, 6.45) is 0.622. The molecule has 3 aromatic rings. The second kappa shape index (κ2) is 7.20. The fraction of sp³-hybridized carbons (Fsp3) is 0.333. The maximum Gasteiger partial charge on any atom is 0.271 e. The number of nitrogens with zero attached hydrogens (tertiary/aromatic N) is 3. The highest BCUT2D eigenvalue weighted by Gasteiger charge is 2.27. The topological polar surface area (TPSA) is 115 Å².